The molecule has 0 saturated heterocycles. The molecule has 4 nitrogen and oxygen atoms in total. The van der Waals surface area contributed by atoms with Crippen LogP contribution in [0.15, 0.2) is 79.3 Å². The fourth-order valence-electron chi connectivity index (χ4n) is 3.01. The number of fused-ring (bicyclic) bond motifs is 1. The molecule has 2 aromatic carbocycles. The molecule has 1 aromatic heterocycles. The lowest BCUT2D eigenvalue weighted by Crippen LogP contribution is -2.19. The SMILES string of the molecule is COc1ccn(C=C2C(=O)N(C=Cc3ccccc3)c3ccccc32)c1. The minimum Gasteiger partial charge on any atom is -0.495 e. The number of ether oxygens (including phenoxy) is 1. The third-order valence-corrected chi connectivity index (χ3v) is 4.32. The number of anilines is 1. The van der Waals surface area contributed by atoms with Crippen LogP contribution < -0.4 is 9.64 Å². The molecule has 1 amide bonds. The summed E-state index contributed by atoms with van der Waals surface area (Å²) in [4.78, 5) is 14.7. The summed E-state index contributed by atoms with van der Waals surface area (Å²) in [5.74, 6) is 0.701. The average Bonchev–Trinajstić information content (AvgIpc) is 3.25. The number of hydrogen-bond donors (Lipinski definition) is 0. The van der Waals surface area contributed by atoms with Gasteiger partial charge < -0.3 is 9.30 Å². The van der Waals surface area contributed by atoms with Gasteiger partial charge in [-0.25, -0.2) is 0 Å². The molecule has 0 aliphatic carbocycles. The van der Waals surface area contributed by atoms with Crippen LogP contribution in [0.2, 0.25) is 0 Å². The molecule has 0 bridgehead atoms. The van der Waals surface area contributed by atoms with Crippen LogP contribution in [0, 0.1) is 0 Å². The second-order valence-corrected chi connectivity index (χ2v) is 5.96. The maximum atomic E-state index is 13.0. The highest BCUT2D eigenvalue weighted by Crippen LogP contribution is 2.37. The minimum absolute atomic E-state index is 0.0500. The fraction of sp³-hybridized carbons (Fsp3) is 0.0455. The molecule has 0 fully saturated rings. The summed E-state index contributed by atoms with van der Waals surface area (Å²) >= 11 is 0. The van der Waals surface area contributed by atoms with Crippen LogP contribution in [0.1, 0.15) is 11.1 Å². The third-order valence-electron chi connectivity index (χ3n) is 4.32. The molecule has 2 heterocycles. The largest absolute Gasteiger partial charge is 0.495 e. The van der Waals surface area contributed by atoms with Gasteiger partial charge in [0.25, 0.3) is 5.91 Å². The molecule has 0 saturated carbocycles. The maximum absolute atomic E-state index is 13.0. The average molecular weight is 342 g/mol. The number of aromatic nitrogens is 1. The van der Waals surface area contributed by atoms with Crippen molar-refractivity contribution in [3.05, 3.63) is 90.4 Å². The molecular formula is C22H18N2O2. The molecule has 0 radical (unpaired) electrons. The first-order chi connectivity index (χ1) is 12.8. The second kappa shape index (κ2) is 6.76. The molecular weight excluding hydrogens is 324 g/mol. The zero-order valence-corrected chi connectivity index (χ0v) is 14.4. The van der Waals surface area contributed by atoms with E-state index in [1.54, 1.807) is 12.0 Å². The Hall–Kier alpha value is -3.53. The van der Waals surface area contributed by atoms with E-state index in [-0.39, 0.29) is 5.91 Å². The van der Waals surface area contributed by atoms with Crippen LogP contribution >= 0.6 is 0 Å². The van der Waals surface area contributed by atoms with Gasteiger partial charge in [0.05, 0.1) is 24.6 Å². The van der Waals surface area contributed by atoms with Crippen molar-refractivity contribution in [2.24, 2.45) is 0 Å². The lowest BCUT2D eigenvalue weighted by molar-refractivity contribution is -0.112. The molecule has 0 atom stereocenters. The van der Waals surface area contributed by atoms with Crippen molar-refractivity contribution >= 4 is 29.4 Å². The number of carbonyl (C=O) groups excluding carboxylic acids is 1. The number of carbonyl (C=O) groups is 1. The van der Waals surface area contributed by atoms with Crippen molar-refractivity contribution in [1.82, 2.24) is 4.57 Å². The van der Waals surface area contributed by atoms with Gasteiger partial charge in [0, 0.05) is 24.2 Å². The number of para-hydroxylation sites is 1. The summed E-state index contributed by atoms with van der Waals surface area (Å²) in [7, 11) is 1.62. The summed E-state index contributed by atoms with van der Waals surface area (Å²) in [5, 5.41) is 0. The molecule has 3 aromatic rings. The first kappa shape index (κ1) is 16.0. The number of amides is 1. The molecule has 4 heteroatoms. The van der Waals surface area contributed by atoms with Gasteiger partial charge in [0.15, 0.2) is 0 Å². The molecule has 1 aliphatic heterocycles. The Morgan fingerprint density at radius 2 is 1.73 bits per heavy atom. The van der Waals surface area contributed by atoms with Crippen LogP contribution in [-0.2, 0) is 4.79 Å². The van der Waals surface area contributed by atoms with Crippen molar-refractivity contribution < 1.29 is 9.53 Å². The predicted molar refractivity (Wildman–Crippen MR) is 105 cm³/mol. The summed E-state index contributed by atoms with van der Waals surface area (Å²) < 4.78 is 7.05. The van der Waals surface area contributed by atoms with E-state index in [0.29, 0.717) is 5.57 Å². The van der Waals surface area contributed by atoms with Crippen molar-refractivity contribution in [3.8, 4) is 5.75 Å². The van der Waals surface area contributed by atoms with Crippen molar-refractivity contribution in [2.45, 2.75) is 0 Å². The van der Waals surface area contributed by atoms with Crippen molar-refractivity contribution in [3.63, 3.8) is 0 Å². The Balaban J connectivity index is 1.72. The van der Waals surface area contributed by atoms with Crippen LogP contribution in [0.3, 0.4) is 0 Å². The molecule has 0 N–H and O–H groups in total. The second-order valence-electron chi connectivity index (χ2n) is 5.96. The number of rotatable bonds is 4. The first-order valence-corrected chi connectivity index (χ1v) is 8.36. The highest BCUT2D eigenvalue weighted by Gasteiger charge is 2.30. The van der Waals surface area contributed by atoms with Gasteiger partial charge >= 0.3 is 0 Å². The summed E-state index contributed by atoms with van der Waals surface area (Å²) in [6.07, 6.45) is 9.31. The lowest BCUT2D eigenvalue weighted by Gasteiger charge is -2.11. The van der Waals surface area contributed by atoms with Crippen LogP contribution in [0.4, 0.5) is 5.69 Å². The molecule has 0 unspecified atom stereocenters. The van der Waals surface area contributed by atoms with Crippen LogP contribution in [0.25, 0.3) is 17.8 Å². The smallest absolute Gasteiger partial charge is 0.264 e. The van der Waals surface area contributed by atoms with Gasteiger partial charge in [-0.05, 0) is 23.8 Å². The first-order valence-electron chi connectivity index (χ1n) is 8.36. The van der Waals surface area contributed by atoms with Gasteiger partial charge in [-0.2, -0.15) is 0 Å². The van der Waals surface area contributed by atoms with E-state index in [1.807, 2.05) is 96.1 Å². The zero-order valence-electron chi connectivity index (χ0n) is 14.4. The Morgan fingerprint density at radius 1 is 0.962 bits per heavy atom. The summed E-state index contributed by atoms with van der Waals surface area (Å²) in [6.45, 7) is 0. The standard InChI is InChI=1S/C22H18N2O2/c1-26-18-12-13-23(15-18)16-20-19-9-5-6-10-21(19)24(22(20)25)14-11-17-7-3-2-4-8-17/h2-16H,1H3. The van der Waals surface area contributed by atoms with E-state index in [0.717, 1.165) is 22.6 Å². The molecule has 128 valence electrons. The third kappa shape index (κ3) is 2.93. The number of hydrogen-bond acceptors (Lipinski definition) is 2. The van der Waals surface area contributed by atoms with E-state index in [9.17, 15) is 4.79 Å². The Labute approximate surface area is 152 Å². The van der Waals surface area contributed by atoms with E-state index in [2.05, 4.69) is 0 Å². The van der Waals surface area contributed by atoms with Crippen LogP contribution in [-0.4, -0.2) is 17.6 Å². The Bertz CT molecular complexity index is 1000. The topological polar surface area (TPSA) is 34.5 Å². The number of nitrogens with zero attached hydrogens (tertiary/aromatic N) is 2. The van der Waals surface area contributed by atoms with E-state index < -0.39 is 0 Å². The van der Waals surface area contributed by atoms with Gasteiger partial charge in [0.2, 0.25) is 0 Å². The predicted octanol–water partition coefficient (Wildman–Crippen LogP) is 4.51. The van der Waals surface area contributed by atoms with E-state index in [1.165, 1.54) is 0 Å². The Kier molecular flexibility index (Phi) is 4.15. The van der Waals surface area contributed by atoms with Gasteiger partial charge in [-0.15, -0.1) is 0 Å². The normalized spacial score (nSPS) is 15.0. The maximum Gasteiger partial charge on any atom is 0.264 e. The lowest BCUT2D eigenvalue weighted by atomic mass is 10.1. The highest BCUT2D eigenvalue weighted by molar-refractivity contribution is 6.35. The van der Waals surface area contributed by atoms with Gasteiger partial charge in [0.1, 0.15) is 5.75 Å². The number of benzene rings is 2. The Morgan fingerprint density at radius 3 is 2.50 bits per heavy atom. The van der Waals surface area contributed by atoms with Crippen molar-refractivity contribution in [2.75, 3.05) is 12.0 Å². The molecule has 26 heavy (non-hydrogen) atoms. The van der Waals surface area contributed by atoms with Gasteiger partial charge in [-0.1, -0.05) is 48.5 Å². The quantitative estimate of drug-likeness (QED) is 0.654. The minimum atomic E-state index is -0.0500. The van der Waals surface area contributed by atoms with E-state index in [4.69, 9.17) is 4.74 Å². The monoisotopic (exact) mass is 342 g/mol. The van der Waals surface area contributed by atoms with Crippen LogP contribution in [0.5, 0.6) is 5.75 Å². The molecule has 0 spiro atoms. The molecule has 1 aliphatic rings. The highest BCUT2D eigenvalue weighted by atomic mass is 16.5. The van der Waals surface area contributed by atoms with E-state index >= 15 is 0 Å². The summed E-state index contributed by atoms with van der Waals surface area (Å²) in [6, 6.07) is 19.6. The van der Waals surface area contributed by atoms with Crippen molar-refractivity contribution in [1.29, 1.82) is 0 Å². The fourth-order valence-corrected chi connectivity index (χ4v) is 3.01. The number of methoxy groups -OCH3 is 1. The molecule has 4 rings (SSSR count). The summed E-state index contributed by atoms with van der Waals surface area (Å²) in [5.41, 5.74) is 3.50. The zero-order chi connectivity index (χ0) is 17.9. The van der Waals surface area contributed by atoms with Gasteiger partial charge in [-0.3, -0.25) is 9.69 Å².